The maximum atomic E-state index is 12.2. The predicted molar refractivity (Wildman–Crippen MR) is 81.0 cm³/mol. The number of anilines is 1. The van der Waals surface area contributed by atoms with Gasteiger partial charge in [-0.25, -0.2) is 13.1 Å². The quantitative estimate of drug-likeness (QED) is 0.697. The number of aryl methyl sites for hydroxylation is 1. The maximum absolute atomic E-state index is 12.2. The summed E-state index contributed by atoms with van der Waals surface area (Å²) in [6.45, 7) is 7.31. The van der Waals surface area contributed by atoms with E-state index in [-0.39, 0.29) is 11.4 Å². The van der Waals surface area contributed by atoms with Gasteiger partial charge in [0.25, 0.3) is 0 Å². The second-order valence-corrected chi connectivity index (χ2v) is 6.98. The van der Waals surface area contributed by atoms with Gasteiger partial charge < -0.3 is 10.8 Å². The van der Waals surface area contributed by atoms with Crippen molar-refractivity contribution in [1.29, 1.82) is 0 Å². The SMILES string of the molecule is CCC(O)(CC)CNS(=O)(=O)c1cc(C)c(C)c(N)c1. The van der Waals surface area contributed by atoms with Crippen molar-refractivity contribution in [3.63, 3.8) is 0 Å². The van der Waals surface area contributed by atoms with E-state index >= 15 is 0 Å². The van der Waals surface area contributed by atoms with Crippen LogP contribution in [-0.4, -0.2) is 25.7 Å². The molecule has 0 spiro atoms. The molecule has 114 valence electrons. The summed E-state index contributed by atoms with van der Waals surface area (Å²) in [5, 5.41) is 10.1. The molecule has 0 aromatic heterocycles. The normalized spacial score (nSPS) is 12.7. The van der Waals surface area contributed by atoms with Gasteiger partial charge in [0.15, 0.2) is 0 Å². The minimum Gasteiger partial charge on any atom is -0.398 e. The topological polar surface area (TPSA) is 92.4 Å². The lowest BCUT2D eigenvalue weighted by Gasteiger charge is -2.25. The van der Waals surface area contributed by atoms with Gasteiger partial charge in [-0.2, -0.15) is 0 Å². The molecule has 0 atom stereocenters. The molecule has 0 heterocycles. The summed E-state index contributed by atoms with van der Waals surface area (Å²) in [7, 11) is -3.67. The standard InChI is InChI=1S/C14H24N2O3S/c1-5-14(17,6-2)9-16-20(18,19)12-7-10(3)11(4)13(15)8-12/h7-8,16-17H,5-6,9,15H2,1-4H3. The summed E-state index contributed by atoms with van der Waals surface area (Å²) in [5.74, 6) is 0. The first-order valence-electron chi connectivity index (χ1n) is 6.74. The van der Waals surface area contributed by atoms with Crippen molar-refractivity contribution in [2.75, 3.05) is 12.3 Å². The van der Waals surface area contributed by atoms with Crippen LogP contribution in [0.15, 0.2) is 17.0 Å². The van der Waals surface area contributed by atoms with Crippen molar-refractivity contribution in [1.82, 2.24) is 4.72 Å². The highest BCUT2D eigenvalue weighted by Crippen LogP contribution is 2.22. The van der Waals surface area contributed by atoms with Crippen LogP contribution in [0.25, 0.3) is 0 Å². The molecular weight excluding hydrogens is 276 g/mol. The summed E-state index contributed by atoms with van der Waals surface area (Å²) >= 11 is 0. The number of rotatable bonds is 6. The highest BCUT2D eigenvalue weighted by atomic mass is 32.2. The Hall–Kier alpha value is -1.11. The van der Waals surface area contributed by atoms with Crippen molar-refractivity contribution < 1.29 is 13.5 Å². The van der Waals surface area contributed by atoms with Crippen LogP contribution in [0.1, 0.15) is 37.8 Å². The Morgan fingerprint density at radius 3 is 2.25 bits per heavy atom. The van der Waals surface area contributed by atoms with Crippen LogP contribution >= 0.6 is 0 Å². The van der Waals surface area contributed by atoms with Crippen LogP contribution < -0.4 is 10.5 Å². The summed E-state index contributed by atoms with van der Waals surface area (Å²) in [4.78, 5) is 0.132. The van der Waals surface area contributed by atoms with Crippen LogP contribution in [0.2, 0.25) is 0 Å². The summed E-state index contributed by atoms with van der Waals surface area (Å²) in [5.41, 5.74) is 6.95. The van der Waals surface area contributed by atoms with Gasteiger partial charge >= 0.3 is 0 Å². The number of hydrogen-bond donors (Lipinski definition) is 3. The lowest BCUT2D eigenvalue weighted by Crippen LogP contribution is -2.42. The van der Waals surface area contributed by atoms with Gasteiger partial charge in [-0.05, 0) is 49.9 Å². The second kappa shape index (κ2) is 6.11. The van der Waals surface area contributed by atoms with E-state index in [0.717, 1.165) is 11.1 Å². The van der Waals surface area contributed by atoms with E-state index in [1.807, 2.05) is 27.7 Å². The molecular formula is C14H24N2O3S. The molecule has 4 N–H and O–H groups in total. The maximum Gasteiger partial charge on any atom is 0.240 e. The summed E-state index contributed by atoms with van der Waals surface area (Å²) < 4.78 is 27.0. The largest absolute Gasteiger partial charge is 0.398 e. The minimum absolute atomic E-state index is 0.00480. The molecule has 0 saturated heterocycles. The monoisotopic (exact) mass is 300 g/mol. The molecule has 1 aromatic carbocycles. The van der Waals surface area contributed by atoms with Gasteiger partial charge in [0.2, 0.25) is 10.0 Å². The highest BCUT2D eigenvalue weighted by Gasteiger charge is 2.25. The van der Waals surface area contributed by atoms with Gasteiger partial charge in [-0.3, -0.25) is 0 Å². The van der Waals surface area contributed by atoms with Crippen molar-refractivity contribution in [2.24, 2.45) is 0 Å². The average molecular weight is 300 g/mol. The molecule has 6 heteroatoms. The van der Waals surface area contributed by atoms with Gasteiger partial charge in [0.05, 0.1) is 10.5 Å². The molecule has 20 heavy (non-hydrogen) atoms. The Morgan fingerprint density at radius 1 is 1.25 bits per heavy atom. The Bertz CT molecular complexity index is 555. The third kappa shape index (κ3) is 3.71. The lowest BCUT2D eigenvalue weighted by atomic mass is 9.98. The second-order valence-electron chi connectivity index (χ2n) is 5.21. The first kappa shape index (κ1) is 16.9. The number of nitrogen functional groups attached to an aromatic ring is 1. The summed E-state index contributed by atoms with van der Waals surface area (Å²) in [6.07, 6.45) is 0.974. The zero-order valence-electron chi connectivity index (χ0n) is 12.5. The Labute approximate surface area is 121 Å². The molecule has 0 amide bonds. The molecule has 0 bridgehead atoms. The number of hydrogen-bond acceptors (Lipinski definition) is 4. The first-order valence-corrected chi connectivity index (χ1v) is 8.22. The smallest absolute Gasteiger partial charge is 0.240 e. The molecule has 0 unspecified atom stereocenters. The van der Waals surface area contributed by atoms with E-state index in [9.17, 15) is 13.5 Å². The van der Waals surface area contributed by atoms with Crippen LogP contribution in [0.3, 0.4) is 0 Å². The van der Waals surface area contributed by atoms with E-state index in [2.05, 4.69) is 4.72 Å². The number of benzene rings is 1. The molecule has 0 fully saturated rings. The highest BCUT2D eigenvalue weighted by molar-refractivity contribution is 7.89. The lowest BCUT2D eigenvalue weighted by molar-refractivity contribution is 0.0377. The fourth-order valence-electron chi connectivity index (χ4n) is 1.82. The number of nitrogens with two attached hydrogens (primary N) is 1. The van der Waals surface area contributed by atoms with Gasteiger partial charge in [0.1, 0.15) is 0 Å². The van der Waals surface area contributed by atoms with Gasteiger partial charge in [-0.15, -0.1) is 0 Å². The molecule has 0 aliphatic carbocycles. The third-order valence-corrected chi connectivity index (χ3v) is 5.28. The van der Waals surface area contributed by atoms with Gasteiger partial charge in [0, 0.05) is 12.2 Å². The molecule has 1 aromatic rings. The van der Waals surface area contributed by atoms with Crippen LogP contribution in [0.4, 0.5) is 5.69 Å². The van der Waals surface area contributed by atoms with E-state index in [1.54, 1.807) is 6.07 Å². The van der Waals surface area contributed by atoms with Crippen molar-refractivity contribution in [2.45, 2.75) is 51.0 Å². The molecule has 0 aliphatic rings. The van der Waals surface area contributed by atoms with E-state index in [1.165, 1.54) is 6.07 Å². The van der Waals surface area contributed by atoms with Crippen molar-refractivity contribution in [3.05, 3.63) is 23.3 Å². The van der Waals surface area contributed by atoms with Crippen LogP contribution in [0, 0.1) is 13.8 Å². The predicted octanol–water partition coefficient (Wildman–Crippen LogP) is 1.72. The van der Waals surface area contributed by atoms with Gasteiger partial charge in [-0.1, -0.05) is 13.8 Å². The molecule has 0 radical (unpaired) electrons. The zero-order valence-corrected chi connectivity index (χ0v) is 13.3. The zero-order chi connectivity index (χ0) is 15.6. The van der Waals surface area contributed by atoms with Crippen molar-refractivity contribution in [3.8, 4) is 0 Å². The van der Waals surface area contributed by atoms with E-state index in [4.69, 9.17) is 5.73 Å². The molecule has 0 aliphatic heterocycles. The van der Waals surface area contributed by atoms with Crippen LogP contribution in [0.5, 0.6) is 0 Å². The molecule has 1 rings (SSSR count). The average Bonchev–Trinajstić information content (AvgIpc) is 2.41. The first-order chi connectivity index (χ1) is 9.15. The van der Waals surface area contributed by atoms with E-state index in [0.29, 0.717) is 18.5 Å². The Balaban J connectivity index is 3.01. The Kier molecular flexibility index (Phi) is 5.18. The number of sulfonamides is 1. The van der Waals surface area contributed by atoms with Crippen LogP contribution in [-0.2, 0) is 10.0 Å². The minimum atomic E-state index is -3.67. The fourth-order valence-corrected chi connectivity index (χ4v) is 3.06. The fraction of sp³-hybridized carbons (Fsp3) is 0.571. The molecule has 0 saturated carbocycles. The van der Waals surface area contributed by atoms with Crippen molar-refractivity contribution >= 4 is 15.7 Å². The summed E-state index contributed by atoms with van der Waals surface area (Å²) in [6, 6.07) is 3.03. The Morgan fingerprint density at radius 2 is 1.80 bits per heavy atom. The molecule has 5 nitrogen and oxygen atoms in total. The number of nitrogens with one attached hydrogen (secondary N) is 1. The third-order valence-electron chi connectivity index (χ3n) is 3.90. The number of aliphatic hydroxyl groups is 1. The van der Waals surface area contributed by atoms with E-state index < -0.39 is 15.6 Å².